The fourth-order valence-corrected chi connectivity index (χ4v) is 7.20. The maximum atomic E-state index is 13.7. The first kappa shape index (κ1) is 30.0. The predicted molar refractivity (Wildman–Crippen MR) is 162 cm³/mol. The second-order valence-electron chi connectivity index (χ2n) is 9.80. The van der Waals surface area contributed by atoms with Crippen LogP contribution in [0.25, 0.3) is 10.2 Å². The smallest absolute Gasteiger partial charge is 0.260 e. The van der Waals surface area contributed by atoms with Gasteiger partial charge in [0.15, 0.2) is 5.13 Å². The summed E-state index contributed by atoms with van der Waals surface area (Å²) in [6.45, 7) is 2.07. The third-order valence-electron chi connectivity index (χ3n) is 6.89. The molecule has 2 heterocycles. The van der Waals surface area contributed by atoms with Gasteiger partial charge in [-0.15, -0.1) is 12.4 Å². The zero-order chi connectivity index (χ0) is 27.6. The minimum atomic E-state index is -3.69. The van der Waals surface area contributed by atoms with E-state index in [4.69, 9.17) is 9.72 Å². The maximum absolute atomic E-state index is 13.7. The molecule has 40 heavy (non-hydrogen) atoms. The summed E-state index contributed by atoms with van der Waals surface area (Å²) >= 11 is 1.44. The van der Waals surface area contributed by atoms with E-state index >= 15 is 0 Å². The fourth-order valence-electron chi connectivity index (χ4n) is 4.77. The summed E-state index contributed by atoms with van der Waals surface area (Å²) in [4.78, 5) is 22.4. The van der Waals surface area contributed by atoms with Gasteiger partial charge >= 0.3 is 0 Å². The number of methoxy groups -OCH3 is 1. The van der Waals surface area contributed by atoms with Gasteiger partial charge in [-0.3, -0.25) is 9.69 Å². The standard InChI is InChI=1S/C29H32N4O4S2.ClH/c1-31(2)17-7-18-33(29-30-27-25(37-3)10-6-11-26(27)38-29)28(34)22-12-14-24(15-13-22)39(35,36)32-19-16-21-8-4-5-9-23(21)20-32;/h4-6,8-15H,7,16-20H2,1-3H3;1H. The van der Waals surface area contributed by atoms with E-state index in [-0.39, 0.29) is 23.2 Å². The number of hydrogen-bond acceptors (Lipinski definition) is 7. The van der Waals surface area contributed by atoms with E-state index in [2.05, 4.69) is 4.90 Å². The molecule has 8 nitrogen and oxygen atoms in total. The molecule has 0 saturated heterocycles. The van der Waals surface area contributed by atoms with Crippen LogP contribution in [0.5, 0.6) is 5.75 Å². The molecule has 212 valence electrons. The second-order valence-corrected chi connectivity index (χ2v) is 12.7. The molecular weight excluding hydrogens is 568 g/mol. The number of anilines is 1. The van der Waals surface area contributed by atoms with Gasteiger partial charge in [-0.1, -0.05) is 41.7 Å². The largest absolute Gasteiger partial charge is 0.494 e. The Bertz CT molecular complexity index is 1590. The van der Waals surface area contributed by atoms with Crippen LogP contribution in [-0.2, 0) is 23.0 Å². The summed E-state index contributed by atoms with van der Waals surface area (Å²) < 4.78 is 34.7. The molecule has 1 aromatic heterocycles. The first-order valence-corrected chi connectivity index (χ1v) is 15.1. The Morgan fingerprint density at radius 3 is 2.42 bits per heavy atom. The van der Waals surface area contributed by atoms with Crippen molar-refractivity contribution in [2.24, 2.45) is 0 Å². The Morgan fingerprint density at radius 1 is 1.00 bits per heavy atom. The van der Waals surface area contributed by atoms with E-state index in [1.165, 1.54) is 33.3 Å². The van der Waals surface area contributed by atoms with Gasteiger partial charge in [-0.25, -0.2) is 13.4 Å². The summed E-state index contributed by atoms with van der Waals surface area (Å²) in [7, 11) is 1.90. The van der Waals surface area contributed by atoms with Gasteiger partial charge in [0.1, 0.15) is 11.3 Å². The van der Waals surface area contributed by atoms with Crippen LogP contribution in [0.15, 0.2) is 71.6 Å². The van der Waals surface area contributed by atoms with Gasteiger partial charge in [0.2, 0.25) is 10.0 Å². The van der Waals surface area contributed by atoms with Crippen molar-refractivity contribution in [1.82, 2.24) is 14.2 Å². The molecule has 0 spiro atoms. The van der Waals surface area contributed by atoms with Crippen molar-refractivity contribution in [3.05, 3.63) is 83.4 Å². The van der Waals surface area contributed by atoms with Crippen LogP contribution in [0.1, 0.15) is 27.9 Å². The van der Waals surface area contributed by atoms with Crippen molar-refractivity contribution < 1.29 is 17.9 Å². The normalized spacial score (nSPS) is 13.6. The maximum Gasteiger partial charge on any atom is 0.260 e. The highest BCUT2D eigenvalue weighted by atomic mass is 35.5. The highest BCUT2D eigenvalue weighted by Crippen LogP contribution is 2.35. The Kier molecular flexibility index (Phi) is 9.48. The quantitative estimate of drug-likeness (QED) is 0.267. The van der Waals surface area contributed by atoms with E-state index in [0.29, 0.717) is 42.5 Å². The first-order chi connectivity index (χ1) is 18.8. The number of para-hydroxylation sites is 1. The molecule has 0 bridgehead atoms. The van der Waals surface area contributed by atoms with Crippen LogP contribution in [-0.4, -0.2) is 69.4 Å². The van der Waals surface area contributed by atoms with Gasteiger partial charge in [-0.2, -0.15) is 4.31 Å². The van der Waals surface area contributed by atoms with Crippen LogP contribution < -0.4 is 9.64 Å². The first-order valence-electron chi connectivity index (χ1n) is 12.8. The number of fused-ring (bicyclic) bond motifs is 2. The third kappa shape index (κ3) is 6.16. The molecule has 0 radical (unpaired) electrons. The SMILES string of the molecule is COc1cccc2sc(N(CCCN(C)C)C(=O)c3ccc(S(=O)(=O)N4CCc5ccccc5C4)cc3)nc12.Cl. The number of rotatable bonds is 9. The van der Waals surface area contributed by atoms with E-state index in [1.807, 2.05) is 56.6 Å². The fraction of sp³-hybridized carbons (Fsp3) is 0.310. The van der Waals surface area contributed by atoms with Gasteiger partial charge < -0.3 is 9.64 Å². The Hall–Kier alpha value is -3.02. The zero-order valence-corrected chi connectivity index (χ0v) is 25.2. The van der Waals surface area contributed by atoms with Crippen LogP contribution in [0, 0.1) is 0 Å². The molecule has 1 aliphatic heterocycles. The lowest BCUT2D eigenvalue weighted by Crippen LogP contribution is -2.36. The molecule has 4 aromatic rings. The van der Waals surface area contributed by atoms with Crippen molar-refractivity contribution in [2.45, 2.75) is 24.3 Å². The zero-order valence-electron chi connectivity index (χ0n) is 22.7. The highest BCUT2D eigenvalue weighted by Gasteiger charge is 2.29. The minimum Gasteiger partial charge on any atom is -0.494 e. The number of nitrogens with zero attached hydrogens (tertiary/aromatic N) is 4. The average molecular weight is 601 g/mol. The molecule has 1 aliphatic rings. The summed E-state index contributed by atoms with van der Waals surface area (Å²) in [6.07, 6.45) is 1.44. The molecule has 0 atom stereocenters. The van der Waals surface area contributed by atoms with Crippen LogP contribution in [0.4, 0.5) is 5.13 Å². The Morgan fingerprint density at radius 2 is 1.73 bits per heavy atom. The van der Waals surface area contributed by atoms with Crippen molar-refractivity contribution in [3.63, 3.8) is 0 Å². The molecular formula is C29H33ClN4O4S2. The number of benzene rings is 3. The van der Waals surface area contributed by atoms with E-state index in [1.54, 1.807) is 24.1 Å². The lowest BCUT2D eigenvalue weighted by molar-refractivity contribution is 0.0986. The molecule has 5 rings (SSSR count). The number of aromatic nitrogens is 1. The van der Waals surface area contributed by atoms with E-state index in [9.17, 15) is 13.2 Å². The molecule has 0 fully saturated rings. The minimum absolute atomic E-state index is 0. The van der Waals surface area contributed by atoms with Gasteiger partial charge in [-0.05, 0) is 81.0 Å². The molecule has 0 unspecified atom stereocenters. The summed E-state index contributed by atoms with van der Waals surface area (Å²) in [5.41, 5.74) is 3.34. The van der Waals surface area contributed by atoms with Gasteiger partial charge in [0, 0.05) is 25.2 Å². The van der Waals surface area contributed by atoms with Crippen molar-refractivity contribution in [3.8, 4) is 5.75 Å². The summed E-state index contributed by atoms with van der Waals surface area (Å²) in [6, 6.07) is 19.9. The number of thiazole rings is 1. The number of carbonyl (C=O) groups is 1. The highest BCUT2D eigenvalue weighted by molar-refractivity contribution is 7.89. The monoisotopic (exact) mass is 600 g/mol. The number of hydrogen-bond donors (Lipinski definition) is 0. The Balaban J connectivity index is 0.00000370. The molecule has 0 aliphatic carbocycles. The molecule has 0 N–H and O–H groups in total. The van der Waals surface area contributed by atoms with Gasteiger partial charge in [0.05, 0.1) is 16.7 Å². The summed E-state index contributed by atoms with van der Waals surface area (Å²) in [5, 5.41) is 0.585. The third-order valence-corrected chi connectivity index (χ3v) is 9.79. The van der Waals surface area contributed by atoms with E-state index in [0.717, 1.165) is 28.7 Å². The Labute approximate surface area is 245 Å². The number of amides is 1. The van der Waals surface area contributed by atoms with Crippen LogP contribution in [0.3, 0.4) is 0 Å². The molecule has 0 saturated carbocycles. The molecule has 3 aromatic carbocycles. The van der Waals surface area contributed by atoms with Crippen molar-refractivity contribution in [2.75, 3.05) is 45.7 Å². The van der Waals surface area contributed by atoms with Crippen LogP contribution in [0.2, 0.25) is 0 Å². The van der Waals surface area contributed by atoms with Crippen molar-refractivity contribution in [1.29, 1.82) is 0 Å². The van der Waals surface area contributed by atoms with Crippen molar-refractivity contribution >= 4 is 55.0 Å². The van der Waals surface area contributed by atoms with E-state index < -0.39 is 10.0 Å². The second kappa shape index (κ2) is 12.7. The van der Waals surface area contributed by atoms with Gasteiger partial charge in [0.25, 0.3) is 5.91 Å². The molecule has 11 heteroatoms. The van der Waals surface area contributed by atoms with Crippen LogP contribution >= 0.6 is 23.7 Å². The number of sulfonamides is 1. The lowest BCUT2D eigenvalue weighted by atomic mass is 10.0. The number of ether oxygens (including phenoxy) is 1. The number of carbonyl (C=O) groups excluding carboxylic acids is 1. The lowest BCUT2D eigenvalue weighted by Gasteiger charge is -2.28. The predicted octanol–water partition coefficient (Wildman–Crippen LogP) is 5.07. The summed E-state index contributed by atoms with van der Waals surface area (Å²) in [5.74, 6) is 0.438. The molecule has 1 amide bonds. The number of halogens is 1. The topological polar surface area (TPSA) is 83.0 Å². The average Bonchev–Trinajstić information content (AvgIpc) is 3.39.